The molecule has 0 aromatic heterocycles. The van der Waals surface area contributed by atoms with Gasteiger partial charge in [-0.25, -0.2) is 0 Å². The normalized spacial score (nSPS) is 45.3. The van der Waals surface area contributed by atoms with Crippen molar-refractivity contribution < 1.29 is 19.3 Å². The average molecular weight is 412 g/mol. The van der Waals surface area contributed by atoms with Crippen LogP contribution in [0.1, 0.15) is 44.7 Å². The van der Waals surface area contributed by atoms with Gasteiger partial charge in [-0.05, 0) is 58.3 Å². The molecule has 2 aliphatic heterocycles. The topological polar surface area (TPSA) is 51.2 Å². The lowest BCUT2D eigenvalue weighted by Gasteiger charge is -2.75. The molecule has 2 heterocycles. The van der Waals surface area contributed by atoms with E-state index in [1.807, 2.05) is 13.8 Å². The second-order valence-corrected chi connectivity index (χ2v) is 11.0. The second-order valence-electron chi connectivity index (χ2n) is 11.0. The lowest BCUT2D eigenvalue weighted by molar-refractivity contribution is -0.284. The van der Waals surface area contributed by atoms with Gasteiger partial charge in [-0.15, -0.1) is 0 Å². The van der Waals surface area contributed by atoms with Crippen LogP contribution in [0.2, 0.25) is 0 Å². The first-order valence-electron chi connectivity index (χ1n) is 11.2. The van der Waals surface area contributed by atoms with E-state index in [4.69, 9.17) is 14.2 Å². The number of likely N-dealkylation sites (N-methyl/N-ethyl adjacent to an activating group) is 1. The Morgan fingerprint density at radius 3 is 2.67 bits per heavy atom. The molecule has 7 rings (SSSR count). The van der Waals surface area contributed by atoms with Gasteiger partial charge in [0.15, 0.2) is 11.5 Å². The molecule has 5 heteroatoms. The van der Waals surface area contributed by atoms with Gasteiger partial charge in [-0.2, -0.15) is 0 Å². The number of piperidine rings is 1. The average Bonchev–Trinajstić information content (AvgIpc) is 3.06. The van der Waals surface area contributed by atoms with Crippen LogP contribution in [0, 0.1) is 10.8 Å². The zero-order chi connectivity index (χ0) is 21.3. The summed E-state index contributed by atoms with van der Waals surface area (Å²) >= 11 is 0. The van der Waals surface area contributed by atoms with E-state index in [-0.39, 0.29) is 16.9 Å². The minimum absolute atomic E-state index is 0.107. The molecule has 162 valence electrons. The number of nitrogens with zero attached hydrogens (tertiary/aromatic N) is 1. The number of likely N-dealkylation sites (tertiary alicyclic amines) is 1. The van der Waals surface area contributed by atoms with Crippen LogP contribution in [0.5, 0.6) is 11.5 Å². The van der Waals surface area contributed by atoms with Gasteiger partial charge in [0.25, 0.3) is 0 Å². The van der Waals surface area contributed by atoms with Gasteiger partial charge in [0, 0.05) is 29.5 Å². The summed E-state index contributed by atoms with van der Waals surface area (Å²) in [5.41, 5.74) is 0.319. The number of fused-ring (bicyclic) bond motifs is 1. The molecule has 2 fully saturated rings. The van der Waals surface area contributed by atoms with Gasteiger partial charge < -0.3 is 24.2 Å². The van der Waals surface area contributed by atoms with Crippen molar-refractivity contribution in [2.75, 3.05) is 27.8 Å². The van der Waals surface area contributed by atoms with Crippen molar-refractivity contribution in [1.82, 2.24) is 4.90 Å². The fraction of sp³-hybridized carbons (Fsp3) is 0.680. The Morgan fingerprint density at radius 1 is 1.23 bits per heavy atom. The highest BCUT2D eigenvalue weighted by Crippen LogP contribution is 2.78. The summed E-state index contributed by atoms with van der Waals surface area (Å²) < 4.78 is 19.1. The van der Waals surface area contributed by atoms with Crippen LogP contribution in [0.15, 0.2) is 24.3 Å². The Labute approximate surface area is 179 Å². The van der Waals surface area contributed by atoms with E-state index in [0.29, 0.717) is 6.04 Å². The standard InChI is InChI=1S/C25H33NO4/c1-21(2,27)22(3)14-23-9-10-25(22,29-6)20-24(23)11-12-26(4)17(23)13-15-7-8-16(28-5)19(30-20)18(15)24/h7-10,17,20,27H,11-14H2,1-6H3/t17-,20-,22+,23-,24+,25+/m1/s1. The predicted octanol–water partition coefficient (Wildman–Crippen LogP) is 3.08. The lowest BCUT2D eigenvalue weighted by atomic mass is 9.33. The third-order valence-corrected chi connectivity index (χ3v) is 10.0. The lowest BCUT2D eigenvalue weighted by Crippen LogP contribution is -2.83. The van der Waals surface area contributed by atoms with E-state index in [2.05, 4.69) is 43.2 Å². The van der Waals surface area contributed by atoms with Crippen molar-refractivity contribution in [3.63, 3.8) is 0 Å². The second kappa shape index (κ2) is 5.25. The highest BCUT2D eigenvalue weighted by molar-refractivity contribution is 5.66. The Bertz CT molecular complexity index is 982. The predicted molar refractivity (Wildman–Crippen MR) is 114 cm³/mol. The number of methoxy groups -OCH3 is 2. The summed E-state index contributed by atoms with van der Waals surface area (Å²) in [5, 5.41) is 11.5. The van der Waals surface area contributed by atoms with E-state index < -0.39 is 16.6 Å². The van der Waals surface area contributed by atoms with Crippen molar-refractivity contribution in [1.29, 1.82) is 0 Å². The summed E-state index contributed by atoms with van der Waals surface area (Å²) in [6, 6.07) is 4.67. The maximum Gasteiger partial charge on any atom is 0.166 e. The first-order valence-corrected chi connectivity index (χ1v) is 11.2. The Kier molecular flexibility index (Phi) is 3.35. The molecule has 1 N–H and O–H groups in total. The van der Waals surface area contributed by atoms with Gasteiger partial charge in [0.05, 0.1) is 18.1 Å². The highest BCUT2D eigenvalue weighted by atomic mass is 16.6. The summed E-state index contributed by atoms with van der Waals surface area (Å²) in [6.07, 6.45) is 7.39. The van der Waals surface area contributed by atoms with Gasteiger partial charge >= 0.3 is 0 Å². The van der Waals surface area contributed by atoms with Crippen LogP contribution < -0.4 is 9.47 Å². The number of ether oxygens (including phenoxy) is 3. The molecule has 5 nitrogen and oxygen atoms in total. The maximum atomic E-state index is 11.5. The molecule has 4 bridgehead atoms. The van der Waals surface area contributed by atoms with Crippen LogP contribution in [-0.2, 0) is 16.6 Å². The van der Waals surface area contributed by atoms with Crippen molar-refractivity contribution in [3.8, 4) is 11.5 Å². The first kappa shape index (κ1) is 19.1. The van der Waals surface area contributed by atoms with Gasteiger partial charge in [0.2, 0.25) is 0 Å². The molecule has 6 aliphatic rings. The number of hydrogen-bond donors (Lipinski definition) is 1. The van der Waals surface area contributed by atoms with Gasteiger partial charge in [-0.1, -0.05) is 25.1 Å². The monoisotopic (exact) mass is 411 g/mol. The van der Waals surface area contributed by atoms with Gasteiger partial charge in [0.1, 0.15) is 11.7 Å². The van der Waals surface area contributed by atoms with E-state index in [1.54, 1.807) is 14.2 Å². The highest BCUT2D eigenvalue weighted by Gasteiger charge is 2.83. The molecule has 30 heavy (non-hydrogen) atoms. The number of hydrogen-bond acceptors (Lipinski definition) is 5. The first-order chi connectivity index (χ1) is 14.1. The minimum atomic E-state index is -0.933. The number of aliphatic hydroxyl groups is 1. The number of benzene rings is 1. The Hall–Kier alpha value is -1.56. The molecule has 6 atom stereocenters. The van der Waals surface area contributed by atoms with Crippen molar-refractivity contribution in [3.05, 3.63) is 35.4 Å². The van der Waals surface area contributed by atoms with E-state index >= 15 is 0 Å². The maximum absolute atomic E-state index is 11.5. The summed E-state index contributed by atoms with van der Waals surface area (Å²) in [4.78, 5) is 2.54. The number of rotatable bonds is 3. The summed E-state index contributed by atoms with van der Waals surface area (Å²) in [5.74, 6) is 1.71. The molecule has 0 unspecified atom stereocenters. The molecule has 1 saturated carbocycles. The largest absolute Gasteiger partial charge is 0.493 e. The van der Waals surface area contributed by atoms with Crippen LogP contribution in [-0.4, -0.2) is 61.2 Å². The molecule has 0 amide bonds. The fourth-order valence-electron chi connectivity index (χ4n) is 8.30. The summed E-state index contributed by atoms with van der Waals surface area (Å²) in [7, 11) is 5.76. The zero-order valence-corrected chi connectivity index (χ0v) is 18.9. The third kappa shape index (κ3) is 1.63. The minimum Gasteiger partial charge on any atom is -0.493 e. The van der Waals surface area contributed by atoms with Crippen molar-refractivity contribution in [2.24, 2.45) is 10.8 Å². The van der Waals surface area contributed by atoms with Crippen LogP contribution in [0.4, 0.5) is 0 Å². The molecular weight excluding hydrogens is 378 g/mol. The van der Waals surface area contributed by atoms with Crippen molar-refractivity contribution in [2.45, 2.75) is 68.8 Å². The zero-order valence-electron chi connectivity index (χ0n) is 18.9. The van der Waals surface area contributed by atoms with E-state index in [1.165, 1.54) is 11.1 Å². The molecule has 1 saturated heterocycles. The third-order valence-electron chi connectivity index (χ3n) is 10.0. The quantitative estimate of drug-likeness (QED) is 0.775. The Balaban J connectivity index is 1.73. The molecule has 0 radical (unpaired) electrons. The van der Waals surface area contributed by atoms with E-state index in [0.717, 1.165) is 37.3 Å². The van der Waals surface area contributed by atoms with Crippen LogP contribution in [0.3, 0.4) is 0 Å². The Morgan fingerprint density at radius 2 is 2.00 bits per heavy atom. The molecular formula is C25H33NO4. The summed E-state index contributed by atoms with van der Waals surface area (Å²) in [6.45, 7) is 7.10. The van der Waals surface area contributed by atoms with Gasteiger partial charge in [-0.3, -0.25) is 0 Å². The smallest absolute Gasteiger partial charge is 0.166 e. The SMILES string of the molecule is COc1ccc2c3c1O[C@H]1[C@@]4(OC)C=C[C@@]5(C[C@@]4(C)C(C)(C)O)[C@@H](C2)N(C)CC[C@]315. The molecule has 1 aromatic carbocycles. The molecule has 2 spiro atoms. The molecule has 4 aliphatic carbocycles. The van der Waals surface area contributed by atoms with Crippen LogP contribution >= 0.6 is 0 Å². The fourth-order valence-corrected chi connectivity index (χ4v) is 8.30. The molecule has 1 aromatic rings. The van der Waals surface area contributed by atoms with Crippen molar-refractivity contribution >= 4 is 0 Å². The van der Waals surface area contributed by atoms with E-state index in [9.17, 15) is 5.11 Å². The van der Waals surface area contributed by atoms with Crippen LogP contribution in [0.25, 0.3) is 0 Å².